The van der Waals surface area contributed by atoms with Gasteiger partial charge in [0, 0.05) is 6.61 Å². The van der Waals surface area contributed by atoms with Gasteiger partial charge in [0.1, 0.15) is 6.61 Å². The van der Waals surface area contributed by atoms with E-state index in [0.717, 1.165) is 18.6 Å². The molecule has 0 amide bonds. The molecular formula is C14H15ClN2O2. The van der Waals surface area contributed by atoms with E-state index in [9.17, 15) is 0 Å². The van der Waals surface area contributed by atoms with Crippen LogP contribution in [0.2, 0.25) is 5.15 Å². The number of hydrogen-bond acceptors (Lipinski definition) is 3. The van der Waals surface area contributed by atoms with Gasteiger partial charge in [-0.3, -0.25) is 0 Å². The van der Waals surface area contributed by atoms with Crippen LogP contribution in [0.25, 0.3) is 0 Å². The topological polar surface area (TPSA) is 36.3 Å². The summed E-state index contributed by atoms with van der Waals surface area (Å²) in [6.07, 6.45) is 2.61. The van der Waals surface area contributed by atoms with Crippen LogP contribution in [0.5, 0.6) is 5.75 Å². The highest BCUT2D eigenvalue weighted by Gasteiger charge is 2.22. The predicted molar refractivity (Wildman–Crippen MR) is 72.5 cm³/mol. The molecule has 1 aliphatic heterocycles. The Bertz CT molecular complexity index is 536. The first kappa shape index (κ1) is 12.5. The van der Waals surface area contributed by atoms with E-state index in [0.29, 0.717) is 24.1 Å². The number of rotatable bonds is 4. The molecule has 0 N–H and O–H groups in total. The van der Waals surface area contributed by atoms with Crippen LogP contribution >= 0.6 is 11.6 Å². The first-order valence-corrected chi connectivity index (χ1v) is 6.70. The van der Waals surface area contributed by atoms with Crippen LogP contribution in [0, 0.1) is 0 Å². The number of nitrogens with zero attached hydrogens (tertiary/aromatic N) is 2. The molecule has 2 heterocycles. The Kier molecular flexibility index (Phi) is 3.71. The second kappa shape index (κ2) is 5.63. The molecule has 0 spiro atoms. The SMILES string of the molecule is Clc1c(OCc2ccccc2)cnn1C1CCOC1. The van der Waals surface area contributed by atoms with Crippen LogP contribution in [0.15, 0.2) is 36.5 Å². The van der Waals surface area contributed by atoms with Gasteiger partial charge in [0.05, 0.1) is 18.8 Å². The Labute approximate surface area is 116 Å². The van der Waals surface area contributed by atoms with E-state index in [4.69, 9.17) is 21.1 Å². The summed E-state index contributed by atoms with van der Waals surface area (Å²) in [5.41, 5.74) is 1.11. The molecule has 2 aromatic rings. The Balaban J connectivity index is 1.68. The summed E-state index contributed by atoms with van der Waals surface area (Å²) in [6, 6.07) is 10.2. The smallest absolute Gasteiger partial charge is 0.176 e. The molecule has 1 unspecified atom stereocenters. The zero-order chi connectivity index (χ0) is 13.1. The van der Waals surface area contributed by atoms with Crippen LogP contribution in [-0.4, -0.2) is 23.0 Å². The van der Waals surface area contributed by atoms with Crippen LogP contribution < -0.4 is 4.74 Å². The van der Waals surface area contributed by atoms with E-state index >= 15 is 0 Å². The number of aromatic nitrogens is 2. The predicted octanol–water partition coefficient (Wildman–Crippen LogP) is 3.08. The van der Waals surface area contributed by atoms with Crippen molar-refractivity contribution in [2.45, 2.75) is 19.1 Å². The van der Waals surface area contributed by atoms with Crippen LogP contribution in [-0.2, 0) is 11.3 Å². The Hall–Kier alpha value is -1.52. The maximum Gasteiger partial charge on any atom is 0.176 e. The summed E-state index contributed by atoms with van der Waals surface area (Å²) in [5.74, 6) is 0.623. The fraction of sp³-hybridized carbons (Fsp3) is 0.357. The minimum atomic E-state index is 0.224. The lowest BCUT2D eigenvalue weighted by molar-refractivity contribution is 0.184. The first-order valence-electron chi connectivity index (χ1n) is 6.32. The Morgan fingerprint density at radius 2 is 2.21 bits per heavy atom. The number of benzene rings is 1. The maximum atomic E-state index is 6.29. The molecule has 5 heteroatoms. The molecule has 1 aromatic heterocycles. The quantitative estimate of drug-likeness (QED) is 0.862. The monoisotopic (exact) mass is 278 g/mol. The first-order chi connectivity index (χ1) is 9.34. The van der Waals surface area contributed by atoms with Crippen molar-refractivity contribution < 1.29 is 9.47 Å². The lowest BCUT2D eigenvalue weighted by Crippen LogP contribution is -2.10. The summed E-state index contributed by atoms with van der Waals surface area (Å²) >= 11 is 6.29. The van der Waals surface area contributed by atoms with Gasteiger partial charge in [-0.15, -0.1) is 0 Å². The minimum Gasteiger partial charge on any atom is -0.484 e. The summed E-state index contributed by atoms with van der Waals surface area (Å²) in [6.45, 7) is 1.92. The van der Waals surface area contributed by atoms with Crippen molar-refractivity contribution >= 4 is 11.6 Å². The second-order valence-corrected chi connectivity index (χ2v) is 4.89. The third-order valence-corrected chi connectivity index (χ3v) is 3.55. The highest BCUT2D eigenvalue weighted by Crippen LogP contribution is 2.30. The third-order valence-electron chi connectivity index (χ3n) is 3.19. The van der Waals surface area contributed by atoms with E-state index in [1.807, 2.05) is 30.3 Å². The van der Waals surface area contributed by atoms with E-state index in [2.05, 4.69) is 5.10 Å². The molecule has 3 rings (SSSR count). The van der Waals surface area contributed by atoms with Gasteiger partial charge in [-0.05, 0) is 12.0 Å². The van der Waals surface area contributed by atoms with Crippen molar-refractivity contribution in [2.24, 2.45) is 0 Å². The van der Waals surface area contributed by atoms with Crippen molar-refractivity contribution in [1.29, 1.82) is 0 Å². The van der Waals surface area contributed by atoms with Crippen molar-refractivity contribution in [2.75, 3.05) is 13.2 Å². The van der Waals surface area contributed by atoms with E-state index in [-0.39, 0.29) is 6.04 Å². The van der Waals surface area contributed by atoms with Gasteiger partial charge < -0.3 is 9.47 Å². The molecule has 1 atom stereocenters. The molecule has 0 bridgehead atoms. The largest absolute Gasteiger partial charge is 0.484 e. The number of halogens is 1. The molecular weight excluding hydrogens is 264 g/mol. The Morgan fingerprint density at radius 3 is 2.95 bits per heavy atom. The van der Waals surface area contributed by atoms with Crippen LogP contribution in [0.3, 0.4) is 0 Å². The number of ether oxygens (including phenoxy) is 2. The lowest BCUT2D eigenvalue weighted by atomic mass is 10.2. The highest BCUT2D eigenvalue weighted by atomic mass is 35.5. The standard InChI is InChI=1S/C14H15ClN2O2/c15-14-13(19-9-11-4-2-1-3-5-11)8-16-17(14)12-6-7-18-10-12/h1-5,8,12H,6-7,9-10H2. The zero-order valence-corrected chi connectivity index (χ0v) is 11.2. The summed E-state index contributed by atoms with van der Waals surface area (Å²) in [4.78, 5) is 0. The van der Waals surface area contributed by atoms with E-state index in [1.54, 1.807) is 10.9 Å². The normalized spacial score (nSPS) is 18.7. The molecule has 19 heavy (non-hydrogen) atoms. The van der Waals surface area contributed by atoms with E-state index < -0.39 is 0 Å². The minimum absolute atomic E-state index is 0.224. The molecule has 0 radical (unpaired) electrons. The molecule has 1 aliphatic rings. The van der Waals surface area contributed by atoms with Crippen molar-refractivity contribution in [3.05, 3.63) is 47.2 Å². The van der Waals surface area contributed by atoms with E-state index in [1.165, 1.54) is 0 Å². The van der Waals surface area contributed by atoms with Crippen molar-refractivity contribution in [3.63, 3.8) is 0 Å². The van der Waals surface area contributed by atoms with Gasteiger partial charge in [-0.1, -0.05) is 41.9 Å². The summed E-state index contributed by atoms with van der Waals surface area (Å²) in [5, 5.41) is 4.84. The van der Waals surface area contributed by atoms with Gasteiger partial charge in [-0.2, -0.15) is 5.10 Å². The molecule has 1 saturated heterocycles. The maximum absolute atomic E-state index is 6.29. The third kappa shape index (κ3) is 2.74. The average molecular weight is 279 g/mol. The molecule has 0 saturated carbocycles. The van der Waals surface area contributed by atoms with Crippen LogP contribution in [0.1, 0.15) is 18.0 Å². The van der Waals surface area contributed by atoms with Gasteiger partial charge in [0.25, 0.3) is 0 Å². The zero-order valence-electron chi connectivity index (χ0n) is 10.5. The average Bonchev–Trinajstić information content (AvgIpc) is 3.07. The fourth-order valence-electron chi connectivity index (χ4n) is 2.13. The van der Waals surface area contributed by atoms with Gasteiger partial charge in [-0.25, -0.2) is 4.68 Å². The van der Waals surface area contributed by atoms with Gasteiger partial charge >= 0.3 is 0 Å². The molecule has 1 aromatic carbocycles. The van der Waals surface area contributed by atoms with Crippen LogP contribution in [0.4, 0.5) is 0 Å². The summed E-state index contributed by atoms with van der Waals surface area (Å²) < 4.78 is 12.8. The van der Waals surface area contributed by atoms with Gasteiger partial charge in [0.2, 0.25) is 0 Å². The molecule has 4 nitrogen and oxygen atoms in total. The Morgan fingerprint density at radius 1 is 1.37 bits per heavy atom. The summed E-state index contributed by atoms with van der Waals surface area (Å²) in [7, 11) is 0. The lowest BCUT2D eigenvalue weighted by Gasteiger charge is -2.10. The molecule has 1 fully saturated rings. The number of hydrogen-bond donors (Lipinski definition) is 0. The second-order valence-electron chi connectivity index (χ2n) is 4.54. The fourth-order valence-corrected chi connectivity index (χ4v) is 2.42. The van der Waals surface area contributed by atoms with Crippen molar-refractivity contribution in [1.82, 2.24) is 9.78 Å². The molecule has 0 aliphatic carbocycles. The van der Waals surface area contributed by atoms with Crippen molar-refractivity contribution in [3.8, 4) is 5.75 Å². The van der Waals surface area contributed by atoms with Gasteiger partial charge in [0.15, 0.2) is 10.9 Å². The molecule has 100 valence electrons. The highest BCUT2D eigenvalue weighted by molar-refractivity contribution is 6.31.